The molecule has 2 rings (SSSR count). The number of aryl methyl sites for hydroxylation is 1. The van der Waals surface area contributed by atoms with Gasteiger partial charge in [0.25, 0.3) is 5.91 Å². The Balaban J connectivity index is 1.95. The van der Waals surface area contributed by atoms with Crippen LogP contribution in [0.5, 0.6) is 0 Å². The van der Waals surface area contributed by atoms with Crippen LogP contribution in [0.15, 0.2) is 48.5 Å². The van der Waals surface area contributed by atoms with Crippen molar-refractivity contribution in [1.82, 2.24) is 5.32 Å². The third-order valence-electron chi connectivity index (χ3n) is 4.58. The Kier molecular flexibility index (Phi) is 7.38. The van der Waals surface area contributed by atoms with Crippen LogP contribution in [0.1, 0.15) is 62.5 Å². The smallest absolute Gasteiger partial charge is 0.253 e. The fourth-order valence-electron chi connectivity index (χ4n) is 2.82. The van der Waals surface area contributed by atoms with Crippen molar-refractivity contribution >= 4 is 17.5 Å². The first-order valence-electron chi connectivity index (χ1n) is 9.93. The predicted octanol–water partition coefficient (Wildman–Crippen LogP) is 4.94. The molecule has 0 aliphatic carbocycles. The van der Waals surface area contributed by atoms with Gasteiger partial charge in [-0.15, -0.1) is 0 Å². The molecule has 0 aliphatic heterocycles. The van der Waals surface area contributed by atoms with Gasteiger partial charge >= 0.3 is 0 Å². The van der Waals surface area contributed by atoms with Gasteiger partial charge in [-0.2, -0.15) is 0 Å². The number of anilines is 1. The average Bonchev–Trinajstić information content (AvgIpc) is 2.64. The van der Waals surface area contributed by atoms with Gasteiger partial charge in [0.2, 0.25) is 5.91 Å². The van der Waals surface area contributed by atoms with Crippen molar-refractivity contribution in [2.24, 2.45) is 5.92 Å². The number of amides is 2. The minimum Gasteiger partial charge on any atom is -0.352 e. The third kappa shape index (κ3) is 6.52. The van der Waals surface area contributed by atoms with E-state index in [-0.39, 0.29) is 17.2 Å². The van der Waals surface area contributed by atoms with Crippen LogP contribution >= 0.6 is 0 Å². The Hall–Kier alpha value is -2.62. The summed E-state index contributed by atoms with van der Waals surface area (Å²) in [6.45, 7) is 11.2. The highest BCUT2D eigenvalue weighted by Gasteiger charge is 2.14. The van der Waals surface area contributed by atoms with Crippen molar-refractivity contribution in [3.63, 3.8) is 0 Å². The molecule has 0 aromatic heterocycles. The maximum absolute atomic E-state index is 12.4. The number of carbonyl (C=O) groups is 2. The van der Waals surface area contributed by atoms with Crippen molar-refractivity contribution in [3.05, 3.63) is 65.2 Å². The summed E-state index contributed by atoms with van der Waals surface area (Å²) in [6.07, 6.45) is 1.04. The van der Waals surface area contributed by atoms with E-state index in [0.717, 1.165) is 5.56 Å². The van der Waals surface area contributed by atoms with Gasteiger partial charge in [0.15, 0.2) is 0 Å². The summed E-state index contributed by atoms with van der Waals surface area (Å²) in [6, 6.07) is 15.5. The second-order valence-corrected chi connectivity index (χ2v) is 8.64. The summed E-state index contributed by atoms with van der Waals surface area (Å²) in [5.74, 6) is 0.113. The van der Waals surface area contributed by atoms with Gasteiger partial charge < -0.3 is 10.6 Å². The van der Waals surface area contributed by atoms with E-state index < -0.39 is 0 Å². The second-order valence-electron chi connectivity index (χ2n) is 8.64. The Bertz CT molecular complexity index is 802. The molecule has 0 spiro atoms. The molecular weight excluding hydrogens is 348 g/mol. The van der Waals surface area contributed by atoms with Crippen LogP contribution in [0.25, 0.3) is 0 Å². The highest BCUT2D eigenvalue weighted by Crippen LogP contribution is 2.22. The molecular formula is C24H32N2O2. The summed E-state index contributed by atoms with van der Waals surface area (Å²) < 4.78 is 0. The SMILES string of the molecule is CC(C)CNC(=O)c1ccccc1NC(=O)CCc1ccc(C(C)(C)C)cc1. The van der Waals surface area contributed by atoms with Crippen molar-refractivity contribution in [1.29, 1.82) is 0 Å². The molecule has 0 saturated carbocycles. The Morgan fingerprint density at radius 1 is 0.964 bits per heavy atom. The summed E-state index contributed by atoms with van der Waals surface area (Å²) in [5, 5.41) is 5.78. The molecule has 0 unspecified atom stereocenters. The standard InChI is InChI=1S/C24H32N2O2/c1-17(2)16-25-23(28)20-8-6-7-9-21(20)26-22(27)15-12-18-10-13-19(14-11-18)24(3,4)5/h6-11,13-14,17H,12,15-16H2,1-5H3,(H,25,28)(H,26,27). The van der Waals surface area contributed by atoms with Crippen LogP contribution < -0.4 is 10.6 Å². The molecule has 0 atom stereocenters. The first-order valence-corrected chi connectivity index (χ1v) is 9.93. The largest absolute Gasteiger partial charge is 0.352 e. The van der Waals surface area contributed by atoms with Gasteiger partial charge in [0.05, 0.1) is 11.3 Å². The van der Waals surface area contributed by atoms with Gasteiger partial charge in [-0.05, 0) is 41.0 Å². The maximum atomic E-state index is 12.4. The molecule has 2 amide bonds. The monoisotopic (exact) mass is 380 g/mol. The predicted molar refractivity (Wildman–Crippen MR) is 116 cm³/mol. The molecule has 0 heterocycles. The minimum absolute atomic E-state index is 0.0935. The van der Waals surface area contributed by atoms with Crippen LogP contribution in [0, 0.1) is 5.92 Å². The first-order chi connectivity index (χ1) is 13.2. The molecule has 0 radical (unpaired) electrons. The number of benzene rings is 2. The normalized spacial score (nSPS) is 11.4. The number of hydrogen-bond acceptors (Lipinski definition) is 2. The van der Waals surface area contributed by atoms with E-state index >= 15 is 0 Å². The number of rotatable bonds is 7. The fraction of sp³-hybridized carbons (Fsp3) is 0.417. The topological polar surface area (TPSA) is 58.2 Å². The molecule has 4 heteroatoms. The molecule has 2 aromatic rings. The van der Waals surface area contributed by atoms with Crippen molar-refractivity contribution < 1.29 is 9.59 Å². The molecule has 2 N–H and O–H groups in total. The Labute approximate surface area is 168 Å². The van der Waals surface area contributed by atoms with E-state index in [4.69, 9.17) is 0 Å². The van der Waals surface area contributed by atoms with Gasteiger partial charge in [-0.25, -0.2) is 0 Å². The minimum atomic E-state index is -0.164. The molecule has 0 bridgehead atoms. The lowest BCUT2D eigenvalue weighted by Crippen LogP contribution is -2.28. The van der Waals surface area contributed by atoms with Crippen LogP contribution in [-0.4, -0.2) is 18.4 Å². The summed E-state index contributed by atoms with van der Waals surface area (Å²) >= 11 is 0. The second kappa shape index (κ2) is 9.54. The van der Waals surface area contributed by atoms with Gasteiger partial charge in [0, 0.05) is 13.0 Å². The zero-order valence-electron chi connectivity index (χ0n) is 17.6. The van der Waals surface area contributed by atoms with Crippen LogP contribution in [0.4, 0.5) is 5.69 Å². The maximum Gasteiger partial charge on any atom is 0.253 e. The van der Waals surface area contributed by atoms with Crippen molar-refractivity contribution in [2.45, 2.75) is 52.9 Å². The van der Waals surface area contributed by atoms with Crippen molar-refractivity contribution in [2.75, 3.05) is 11.9 Å². The number of nitrogens with one attached hydrogen (secondary N) is 2. The zero-order chi connectivity index (χ0) is 20.7. The third-order valence-corrected chi connectivity index (χ3v) is 4.58. The number of carbonyl (C=O) groups excluding carboxylic acids is 2. The zero-order valence-corrected chi connectivity index (χ0v) is 17.6. The molecule has 0 saturated heterocycles. The fourth-order valence-corrected chi connectivity index (χ4v) is 2.82. The van der Waals surface area contributed by atoms with Gasteiger partial charge in [0.1, 0.15) is 0 Å². The molecule has 0 aliphatic rings. The van der Waals surface area contributed by atoms with E-state index in [0.29, 0.717) is 36.6 Å². The summed E-state index contributed by atoms with van der Waals surface area (Å²) in [7, 11) is 0. The van der Waals surface area contributed by atoms with E-state index in [1.54, 1.807) is 18.2 Å². The van der Waals surface area contributed by atoms with Crippen LogP contribution in [0.2, 0.25) is 0 Å². The molecule has 4 nitrogen and oxygen atoms in total. The van der Waals surface area contributed by atoms with E-state index in [1.807, 2.05) is 19.9 Å². The van der Waals surface area contributed by atoms with Crippen LogP contribution in [-0.2, 0) is 16.6 Å². The van der Waals surface area contributed by atoms with Gasteiger partial charge in [-0.1, -0.05) is 71.0 Å². The van der Waals surface area contributed by atoms with Crippen LogP contribution in [0.3, 0.4) is 0 Å². The summed E-state index contributed by atoms with van der Waals surface area (Å²) in [5.41, 5.74) is 3.58. The number of hydrogen-bond donors (Lipinski definition) is 2. The average molecular weight is 381 g/mol. The Morgan fingerprint density at radius 2 is 1.61 bits per heavy atom. The highest BCUT2D eigenvalue weighted by atomic mass is 16.2. The quantitative estimate of drug-likeness (QED) is 0.715. The molecule has 0 fully saturated rings. The first kappa shape index (κ1) is 21.7. The lowest BCUT2D eigenvalue weighted by Gasteiger charge is -2.19. The van der Waals surface area contributed by atoms with E-state index in [1.165, 1.54) is 5.56 Å². The van der Waals surface area contributed by atoms with E-state index in [9.17, 15) is 9.59 Å². The van der Waals surface area contributed by atoms with Gasteiger partial charge in [-0.3, -0.25) is 9.59 Å². The molecule has 28 heavy (non-hydrogen) atoms. The lowest BCUT2D eigenvalue weighted by atomic mass is 9.86. The van der Waals surface area contributed by atoms with E-state index in [2.05, 4.69) is 55.7 Å². The number of para-hydroxylation sites is 1. The van der Waals surface area contributed by atoms with Crippen molar-refractivity contribution in [3.8, 4) is 0 Å². The lowest BCUT2D eigenvalue weighted by molar-refractivity contribution is -0.116. The highest BCUT2D eigenvalue weighted by molar-refractivity contribution is 6.03. The Morgan fingerprint density at radius 3 is 2.21 bits per heavy atom. The summed E-state index contributed by atoms with van der Waals surface area (Å²) in [4.78, 5) is 24.8. The molecule has 150 valence electrons. The molecule has 2 aromatic carbocycles.